The van der Waals surface area contributed by atoms with Gasteiger partial charge in [-0.1, -0.05) is 0 Å². The molecule has 1 saturated heterocycles. The summed E-state index contributed by atoms with van der Waals surface area (Å²) >= 11 is 3.26. The number of nitrogen functional groups attached to an aromatic ring is 1. The van der Waals surface area contributed by atoms with Crippen molar-refractivity contribution >= 4 is 31.6 Å². The minimum absolute atomic E-state index is 0.0661. The molecule has 2 rings (SSSR count). The van der Waals surface area contributed by atoms with Crippen LogP contribution >= 0.6 is 15.9 Å². The number of anilines is 1. The number of methoxy groups -OCH3 is 2. The van der Waals surface area contributed by atoms with E-state index in [2.05, 4.69) is 15.9 Å². The smallest absolute Gasteiger partial charge is 0.246 e. The molecule has 1 aromatic carbocycles. The van der Waals surface area contributed by atoms with Crippen LogP contribution in [0.2, 0.25) is 0 Å². The predicted octanol–water partition coefficient (Wildman–Crippen LogP) is 1.45. The third-order valence-electron chi connectivity index (χ3n) is 3.34. The summed E-state index contributed by atoms with van der Waals surface area (Å²) in [4.78, 5) is 0.0810. The second kappa shape index (κ2) is 5.88. The maximum absolute atomic E-state index is 12.7. The van der Waals surface area contributed by atoms with Gasteiger partial charge in [0.15, 0.2) is 0 Å². The highest BCUT2D eigenvalue weighted by Crippen LogP contribution is 2.35. The van der Waals surface area contributed by atoms with E-state index in [1.54, 1.807) is 13.2 Å². The van der Waals surface area contributed by atoms with Gasteiger partial charge in [-0.05, 0) is 34.5 Å². The van der Waals surface area contributed by atoms with Gasteiger partial charge >= 0.3 is 0 Å². The highest BCUT2D eigenvalue weighted by molar-refractivity contribution is 9.10. The van der Waals surface area contributed by atoms with Crippen molar-refractivity contribution in [3.63, 3.8) is 0 Å². The van der Waals surface area contributed by atoms with Crippen LogP contribution in [-0.2, 0) is 14.8 Å². The number of rotatable bonds is 4. The van der Waals surface area contributed by atoms with Gasteiger partial charge in [0.25, 0.3) is 0 Å². The molecule has 6 nitrogen and oxygen atoms in total. The summed E-state index contributed by atoms with van der Waals surface area (Å²) in [5, 5.41) is 0. The normalized spacial score (nSPS) is 20.2. The van der Waals surface area contributed by atoms with Gasteiger partial charge in [0.2, 0.25) is 10.0 Å². The Morgan fingerprint density at radius 2 is 2.10 bits per heavy atom. The molecule has 1 atom stereocenters. The van der Waals surface area contributed by atoms with Gasteiger partial charge in [-0.15, -0.1) is 0 Å². The monoisotopic (exact) mass is 364 g/mol. The molecule has 0 aromatic heterocycles. The van der Waals surface area contributed by atoms with Gasteiger partial charge in [-0.2, -0.15) is 4.31 Å². The first-order valence-corrected chi connectivity index (χ1v) is 8.29. The number of halogens is 1. The number of nitrogens with two attached hydrogens (primary N) is 1. The highest BCUT2D eigenvalue weighted by atomic mass is 79.9. The van der Waals surface area contributed by atoms with Crippen molar-refractivity contribution in [2.24, 2.45) is 0 Å². The summed E-state index contributed by atoms with van der Waals surface area (Å²) in [5.41, 5.74) is 6.14. The fourth-order valence-electron chi connectivity index (χ4n) is 2.16. The van der Waals surface area contributed by atoms with Crippen LogP contribution in [0.25, 0.3) is 0 Å². The zero-order chi connectivity index (χ0) is 14.9. The lowest BCUT2D eigenvalue weighted by Crippen LogP contribution is -2.30. The third kappa shape index (κ3) is 2.78. The van der Waals surface area contributed by atoms with E-state index in [0.717, 1.165) is 0 Å². The molecule has 2 N–H and O–H groups in total. The molecule has 0 radical (unpaired) electrons. The minimum Gasteiger partial charge on any atom is -0.495 e. The zero-order valence-corrected chi connectivity index (χ0v) is 13.7. The second-order valence-corrected chi connectivity index (χ2v) is 7.29. The lowest BCUT2D eigenvalue weighted by atomic mass is 10.3. The molecule has 1 aromatic rings. The van der Waals surface area contributed by atoms with Crippen molar-refractivity contribution < 1.29 is 17.9 Å². The topological polar surface area (TPSA) is 81.9 Å². The molecule has 0 saturated carbocycles. The molecule has 0 bridgehead atoms. The molecule has 20 heavy (non-hydrogen) atoms. The molecule has 0 amide bonds. The SMILES string of the molecule is COc1cc(Br)c(N)cc1S(=O)(=O)N1CCC(OC)C1. The van der Waals surface area contributed by atoms with Crippen LogP contribution in [0.1, 0.15) is 6.42 Å². The molecule has 0 aliphatic carbocycles. The lowest BCUT2D eigenvalue weighted by Gasteiger charge is -2.19. The van der Waals surface area contributed by atoms with Crippen LogP contribution in [0, 0.1) is 0 Å². The van der Waals surface area contributed by atoms with Gasteiger partial charge in [-0.25, -0.2) is 8.42 Å². The number of nitrogens with zero attached hydrogens (tertiary/aromatic N) is 1. The largest absolute Gasteiger partial charge is 0.495 e. The molecular weight excluding hydrogens is 348 g/mol. The van der Waals surface area contributed by atoms with Crippen molar-refractivity contribution in [3.05, 3.63) is 16.6 Å². The maximum atomic E-state index is 12.7. The van der Waals surface area contributed by atoms with Gasteiger partial charge in [0, 0.05) is 30.4 Å². The standard InChI is InChI=1S/C12H17BrN2O4S/c1-18-8-3-4-15(7-8)20(16,17)12-6-10(14)9(13)5-11(12)19-2/h5-6,8H,3-4,7,14H2,1-2H3. The molecule has 112 valence electrons. The molecule has 1 aliphatic heterocycles. The summed E-state index contributed by atoms with van der Waals surface area (Å²) in [6.07, 6.45) is 0.618. The Morgan fingerprint density at radius 1 is 1.40 bits per heavy atom. The summed E-state index contributed by atoms with van der Waals surface area (Å²) in [7, 11) is -0.624. The molecule has 1 fully saturated rings. The number of hydrogen-bond acceptors (Lipinski definition) is 5. The quantitative estimate of drug-likeness (QED) is 0.817. The van der Waals surface area contributed by atoms with Gasteiger partial charge in [0.05, 0.1) is 13.2 Å². The number of benzene rings is 1. The number of ether oxygens (including phenoxy) is 2. The van der Waals surface area contributed by atoms with Crippen molar-refractivity contribution in [2.75, 3.05) is 33.0 Å². The lowest BCUT2D eigenvalue weighted by molar-refractivity contribution is 0.115. The Labute approximate surface area is 127 Å². The van der Waals surface area contributed by atoms with Crippen LogP contribution in [-0.4, -0.2) is 46.1 Å². The highest BCUT2D eigenvalue weighted by Gasteiger charge is 2.34. The molecule has 1 heterocycles. The van der Waals surface area contributed by atoms with E-state index in [9.17, 15) is 8.42 Å². The zero-order valence-electron chi connectivity index (χ0n) is 11.3. The Hall–Kier alpha value is -0.830. The second-order valence-electron chi connectivity index (χ2n) is 4.53. The molecular formula is C12H17BrN2O4S. The first-order valence-electron chi connectivity index (χ1n) is 6.06. The van der Waals surface area contributed by atoms with E-state index in [4.69, 9.17) is 15.2 Å². The summed E-state index contributed by atoms with van der Waals surface area (Å²) in [6, 6.07) is 2.98. The van der Waals surface area contributed by atoms with Crippen LogP contribution < -0.4 is 10.5 Å². The van der Waals surface area contributed by atoms with Crippen LogP contribution in [0.15, 0.2) is 21.5 Å². The Kier molecular flexibility index (Phi) is 4.58. The van der Waals surface area contributed by atoms with Gasteiger partial charge in [-0.3, -0.25) is 0 Å². The Morgan fingerprint density at radius 3 is 2.65 bits per heavy atom. The van der Waals surface area contributed by atoms with Crippen molar-refractivity contribution in [1.82, 2.24) is 4.31 Å². The van der Waals surface area contributed by atoms with Crippen LogP contribution in [0.4, 0.5) is 5.69 Å². The van der Waals surface area contributed by atoms with E-state index >= 15 is 0 Å². The number of hydrogen-bond donors (Lipinski definition) is 1. The summed E-state index contributed by atoms with van der Waals surface area (Å²) in [6.45, 7) is 0.776. The summed E-state index contributed by atoms with van der Waals surface area (Å²) in [5.74, 6) is 0.270. The number of sulfonamides is 1. The average Bonchev–Trinajstić information content (AvgIpc) is 2.90. The molecule has 8 heteroatoms. The van der Waals surface area contributed by atoms with E-state index in [1.165, 1.54) is 17.5 Å². The van der Waals surface area contributed by atoms with Gasteiger partial charge < -0.3 is 15.2 Å². The first kappa shape index (κ1) is 15.6. The Bertz CT molecular complexity index is 606. The molecule has 0 spiro atoms. The Balaban J connectivity index is 2.42. The fraction of sp³-hybridized carbons (Fsp3) is 0.500. The van der Waals surface area contributed by atoms with E-state index < -0.39 is 10.0 Å². The van der Waals surface area contributed by atoms with Crippen molar-refractivity contribution in [1.29, 1.82) is 0 Å². The van der Waals surface area contributed by atoms with Gasteiger partial charge in [0.1, 0.15) is 10.6 Å². The van der Waals surface area contributed by atoms with Crippen LogP contribution in [0.5, 0.6) is 5.75 Å². The third-order valence-corrected chi connectivity index (χ3v) is 5.91. The molecule has 1 unspecified atom stereocenters. The predicted molar refractivity (Wildman–Crippen MR) is 79.3 cm³/mol. The van der Waals surface area contributed by atoms with Crippen LogP contribution in [0.3, 0.4) is 0 Å². The fourth-order valence-corrected chi connectivity index (χ4v) is 4.14. The summed E-state index contributed by atoms with van der Waals surface area (Å²) < 4.78 is 37.7. The van der Waals surface area contributed by atoms with Crippen molar-refractivity contribution in [3.8, 4) is 5.75 Å². The maximum Gasteiger partial charge on any atom is 0.246 e. The van der Waals surface area contributed by atoms with E-state index in [0.29, 0.717) is 29.7 Å². The van der Waals surface area contributed by atoms with E-state index in [-0.39, 0.29) is 16.7 Å². The average molecular weight is 365 g/mol. The van der Waals surface area contributed by atoms with E-state index in [1.807, 2.05) is 0 Å². The molecule has 1 aliphatic rings. The van der Waals surface area contributed by atoms with Crippen molar-refractivity contribution in [2.45, 2.75) is 17.4 Å². The minimum atomic E-state index is -3.64. The first-order chi connectivity index (χ1) is 9.40.